The number of ketones is 1. The monoisotopic (exact) mass is 290 g/mol. The van der Waals surface area contributed by atoms with Crippen LogP contribution in [0, 0.1) is 5.92 Å². The largest absolute Gasteiger partial charge is 0.497 e. The first-order valence-corrected chi connectivity index (χ1v) is 7.25. The highest BCUT2D eigenvalue weighted by molar-refractivity contribution is 5.97. The Bertz CT molecular complexity index is 499. The number of ether oxygens (including phenoxy) is 1. The molecule has 5 heteroatoms. The van der Waals surface area contributed by atoms with Gasteiger partial charge in [-0.25, -0.2) is 0 Å². The molecule has 1 aliphatic heterocycles. The summed E-state index contributed by atoms with van der Waals surface area (Å²) in [7, 11) is 3.26. The molecule has 114 valence electrons. The molecule has 1 aromatic carbocycles. The normalized spacial score (nSPS) is 19.0. The standard InChI is InChI=1S/C16H22N2O3/c1-17-16(20)13-4-3-9-18(10-13)11-15(19)12-5-7-14(21-2)8-6-12/h5-8,13H,3-4,9-11H2,1-2H3,(H,17,20). The van der Waals surface area contributed by atoms with Crippen LogP contribution < -0.4 is 10.1 Å². The van der Waals surface area contributed by atoms with E-state index in [0.29, 0.717) is 18.7 Å². The maximum atomic E-state index is 12.3. The molecule has 1 atom stereocenters. The first kappa shape index (κ1) is 15.5. The Morgan fingerprint density at radius 3 is 2.67 bits per heavy atom. The number of hydrogen-bond donors (Lipinski definition) is 1. The number of piperidine rings is 1. The zero-order chi connectivity index (χ0) is 15.2. The van der Waals surface area contributed by atoms with E-state index >= 15 is 0 Å². The molecule has 0 saturated carbocycles. The summed E-state index contributed by atoms with van der Waals surface area (Å²) in [6.45, 7) is 1.89. The Kier molecular flexibility index (Phi) is 5.33. The minimum absolute atomic E-state index is 0.00702. The van der Waals surface area contributed by atoms with E-state index < -0.39 is 0 Å². The van der Waals surface area contributed by atoms with Gasteiger partial charge < -0.3 is 10.1 Å². The van der Waals surface area contributed by atoms with E-state index in [9.17, 15) is 9.59 Å². The van der Waals surface area contributed by atoms with Crippen LogP contribution in [0.25, 0.3) is 0 Å². The van der Waals surface area contributed by atoms with Crippen LogP contribution >= 0.6 is 0 Å². The highest BCUT2D eigenvalue weighted by Gasteiger charge is 2.26. The van der Waals surface area contributed by atoms with Crippen molar-refractivity contribution in [3.8, 4) is 5.75 Å². The molecular formula is C16H22N2O3. The third kappa shape index (κ3) is 4.04. The third-order valence-corrected chi connectivity index (χ3v) is 3.90. The zero-order valence-electron chi connectivity index (χ0n) is 12.6. The second kappa shape index (κ2) is 7.22. The summed E-state index contributed by atoms with van der Waals surface area (Å²) in [5, 5.41) is 2.69. The van der Waals surface area contributed by atoms with Crippen molar-refractivity contribution in [3.63, 3.8) is 0 Å². The molecule has 1 aromatic rings. The molecular weight excluding hydrogens is 268 g/mol. The van der Waals surface area contributed by atoms with E-state index in [0.717, 1.165) is 25.1 Å². The average Bonchev–Trinajstić information content (AvgIpc) is 2.54. The van der Waals surface area contributed by atoms with Gasteiger partial charge in [-0.3, -0.25) is 14.5 Å². The van der Waals surface area contributed by atoms with Crippen molar-refractivity contribution in [2.24, 2.45) is 5.92 Å². The molecule has 0 radical (unpaired) electrons. The molecule has 1 amide bonds. The van der Waals surface area contributed by atoms with Gasteiger partial charge in [-0.2, -0.15) is 0 Å². The number of likely N-dealkylation sites (tertiary alicyclic amines) is 1. The molecule has 0 aliphatic carbocycles. The third-order valence-electron chi connectivity index (χ3n) is 3.90. The smallest absolute Gasteiger partial charge is 0.224 e. The molecule has 1 aliphatic rings. The van der Waals surface area contributed by atoms with E-state index in [-0.39, 0.29) is 17.6 Å². The Balaban J connectivity index is 1.93. The predicted molar refractivity (Wildman–Crippen MR) is 80.6 cm³/mol. The number of nitrogens with zero attached hydrogens (tertiary/aromatic N) is 1. The zero-order valence-corrected chi connectivity index (χ0v) is 12.6. The molecule has 0 spiro atoms. The van der Waals surface area contributed by atoms with Gasteiger partial charge >= 0.3 is 0 Å². The first-order valence-electron chi connectivity index (χ1n) is 7.25. The fourth-order valence-electron chi connectivity index (χ4n) is 2.69. The number of carbonyl (C=O) groups excluding carboxylic acids is 2. The molecule has 2 rings (SSSR count). The highest BCUT2D eigenvalue weighted by atomic mass is 16.5. The minimum Gasteiger partial charge on any atom is -0.497 e. The number of carbonyl (C=O) groups is 2. The van der Waals surface area contributed by atoms with Gasteiger partial charge in [0.05, 0.1) is 19.6 Å². The lowest BCUT2D eigenvalue weighted by Gasteiger charge is -2.31. The fourth-order valence-corrected chi connectivity index (χ4v) is 2.69. The molecule has 21 heavy (non-hydrogen) atoms. The van der Waals surface area contributed by atoms with E-state index in [1.165, 1.54) is 0 Å². The average molecular weight is 290 g/mol. The van der Waals surface area contributed by atoms with Crippen molar-refractivity contribution in [2.75, 3.05) is 33.8 Å². The lowest BCUT2D eigenvalue weighted by Crippen LogP contribution is -2.44. The van der Waals surface area contributed by atoms with Gasteiger partial charge in [-0.05, 0) is 43.7 Å². The number of nitrogens with one attached hydrogen (secondary N) is 1. The maximum Gasteiger partial charge on any atom is 0.224 e. The van der Waals surface area contributed by atoms with Crippen LogP contribution in [0.4, 0.5) is 0 Å². The van der Waals surface area contributed by atoms with Crippen LogP contribution in [-0.2, 0) is 4.79 Å². The van der Waals surface area contributed by atoms with E-state index in [4.69, 9.17) is 4.74 Å². The second-order valence-corrected chi connectivity index (χ2v) is 5.34. The Morgan fingerprint density at radius 1 is 1.33 bits per heavy atom. The highest BCUT2D eigenvalue weighted by Crippen LogP contribution is 2.18. The van der Waals surface area contributed by atoms with Crippen molar-refractivity contribution in [3.05, 3.63) is 29.8 Å². The summed E-state index contributed by atoms with van der Waals surface area (Å²) in [6, 6.07) is 7.14. The number of rotatable bonds is 5. The van der Waals surface area contributed by atoms with Gasteiger partial charge in [0.25, 0.3) is 0 Å². The van der Waals surface area contributed by atoms with Crippen molar-refractivity contribution in [1.29, 1.82) is 0 Å². The van der Waals surface area contributed by atoms with Gasteiger partial charge in [0, 0.05) is 19.2 Å². The van der Waals surface area contributed by atoms with Crippen molar-refractivity contribution < 1.29 is 14.3 Å². The summed E-state index contributed by atoms with van der Waals surface area (Å²) >= 11 is 0. The van der Waals surface area contributed by atoms with Crippen LogP contribution in [0.3, 0.4) is 0 Å². The van der Waals surface area contributed by atoms with Crippen LogP contribution in [-0.4, -0.2) is 50.4 Å². The number of Topliss-reactive ketones (excluding diaryl/α,β-unsaturated/α-hetero) is 1. The van der Waals surface area contributed by atoms with Crippen molar-refractivity contribution in [1.82, 2.24) is 10.2 Å². The van der Waals surface area contributed by atoms with Crippen molar-refractivity contribution >= 4 is 11.7 Å². The van der Waals surface area contributed by atoms with Gasteiger partial charge in [0.15, 0.2) is 5.78 Å². The predicted octanol–water partition coefficient (Wildman–Crippen LogP) is 1.34. The fraction of sp³-hybridized carbons (Fsp3) is 0.500. The van der Waals surface area contributed by atoms with Gasteiger partial charge in [0.2, 0.25) is 5.91 Å². The summed E-state index contributed by atoms with van der Waals surface area (Å²) in [5.41, 5.74) is 0.679. The number of methoxy groups -OCH3 is 1. The summed E-state index contributed by atoms with van der Waals surface area (Å²) in [6.07, 6.45) is 1.85. The molecule has 1 fully saturated rings. The summed E-state index contributed by atoms with van der Waals surface area (Å²) < 4.78 is 5.09. The second-order valence-electron chi connectivity index (χ2n) is 5.34. The van der Waals surface area contributed by atoms with E-state index in [2.05, 4.69) is 10.2 Å². The van der Waals surface area contributed by atoms with Gasteiger partial charge in [-0.1, -0.05) is 0 Å². The van der Waals surface area contributed by atoms with Crippen LogP contribution in [0.2, 0.25) is 0 Å². The summed E-state index contributed by atoms with van der Waals surface area (Å²) in [4.78, 5) is 26.0. The SMILES string of the molecule is CNC(=O)C1CCCN(CC(=O)c2ccc(OC)cc2)C1. The lowest BCUT2D eigenvalue weighted by molar-refractivity contribution is -0.126. The molecule has 1 N–H and O–H groups in total. The Morgan fingerprint density at radius 2 is 2.05 bits per heavy atom. The quantitative estimate of drug-likeness (QED) is 0.831. The number of amides is 1. The van der Waals surface area contributed by atoms with E-state index in [1.807, 2.05) is 0 Å². The topological polar surface area (TPSA) is 58.6 Å². The molecule has 0 aromatic heterocycles. The lowest BCUT2D eigenvalue weighted by atomic mass is 9.96. The maximum absolute atomic E-state index is 12.3. The van der Waals surface area contributed by atoms with E-state index in [1.54, 1.807) is 38.4 Å². The molecule has 1 unspecified atom stereocenters. The summed E-state index contributed by atoms with van der Waals surface area (Å²) in [5.74, 6) is 0.878. The Labute approximate surface area is 125 Å². The molecule has 1 heterocycles. The first-order chi connectivity index (χ1) is 10.1. The van der Waals surface area contributed by atoms with Crippen LogP contribution in [0.15, 0.2) is 24.3 Å². The van der Waals surface area contributed by atoms with Crippen LogP contribution in [0.5, 0.6) is 5.75 Å². The van der Waals surface area contributed by atoms with Crippen LogP contribution in [0.1, 0.15) is 23.2 Å². The number of hydrogen-bond acceptors (Lipinski definition) is 4. The molecule has 0 bridgehead atoms. The molecule has 1 saturated heterocycles. The Hall–Kier alpha value is -1.88. The van der Waals surface area contributed by atoms with Gasteiger partial charge in [0.1, 0.15) is 5.75 Å². The van der Waals surface area contributed by atoms with Gasteiger partial charge in [-0.15, -0.1) is 0 Å². The number of benzene rings is 1. The van der Waals surface area contributed by atoms with Crippen molar-refractivity contribution in [2.45, 2.75) is 12.8 Å². The molecule has 5 nitrogen and oxygen atoms in total. The minimum atomic E-state index is -0.00702.